The van der Waals surface area contributed by atoms with Gasteiger partial charge in [0.25, 0.3) is 0 Å². The SMILES string of the molecule is CCC1NCC(=O)N1C1CC(OC)C1. The normalized spacial score (nSPS) is 37.4. The van der Waals surface area contributed by atoms with E-state index in [-0.39, 0.29) is 12.1 Å². The maximum absolute atomic E-state index is 11.6. The highest BCUT2D eigenvalue weighted by molar-refractivity contribution is 5.81. The lowest BCUT2D eigenvalue weighted by molar-refractivity contribution is -0.135. The van der Waals surface area contributed by atoms with E-state index in [1.165, 1.54) is 0 Å². The van der Waals surface area contributed by atoms with Crippen molar-refractivity contribution in [2.75, 3.05) is 13.7 Å². The molecule has 2 rings (SSSR count). The average Bonchev–Trinajstić information content (AvgIpc) is 2.47. The smallest absolute Gasteiger partial charge is 0.238 e. The zero-order valence-corrected chi connectivity index (χ0v) is 8.82. The van der Waals surface area contributed by atoms with E-state index < -0.39 is 0 Å². The Bertz CT molecular complexity index is 226. The molecule has 1 aliphatic heterocycles. The second kappa shape index (κ2) is 3.87. The lowest BCUT2D eigenvalue weighted by atomic mass is 9.87. The van der Waals surface area contributed by atoms with Crippen molar-refractivity contribution in [2.24, 2.45) is 0 Å². The molecule has 1 saturated carbocycles. The molecule has 1 atom stereocenters. The third kappa shape index (κ3) is 1.53. The number of carbonyl (C=O) groups is 1. The fourth-order valence-corrected chi connectivity index (χ4v) is 2.33. The third-order valence-corrected chi connectivity index (χ3v) is 3.30. The summed E-state index contributed by atoms with van der Waals surface area (Å²) in [6, 6.07) is 0.410. The summed E-state index contributed by atoms with van der Waals surface area (Å²) >= 11 is 0. The number of rotatable bonds is 3. The minimum absolute atomic E-state index is 0.247. The van der Waals surface area contributed by atoms with Gasteiger partial charge in [0.1, 0.15) is 0 Å². The average molecular weight is 198 g/mol. The number of hydrogen-bond donors (Lipinski definition) is 1. The summed E-state index contributed by atoms with van der Waals surface area (Å²) in [7, 11) is 1.74. The van der Waals surface area contributed by atoms with Gasteiger partial charge in [-0.3, -0.25) is 10.1 Å². The molecule has 4 nitrogen and oxygen atoms in total. The molecule has 1 N–H and O–H groups in total. The van der Waals surface area contributed by atoms with Crippen LogP contribution in [-0.2, 0) is 9.53 Å². The Kier molecular flexibility index (Phi) is 2.74. The molecule has 2 aliphatic rings. The highest BCUT2D eigenvalue weighted by Gasteiger charge is 2.41. The number of hydrogen-bond acceptors (Lipinski definition) is 3. The predicted molar refractivity (Wildman–Crippen MR) is 52.7 cm³/mol. The molecule has 4 heteroatoms. The number of methoxy groups -OCH3 is 1. The second-order valence-electron chi connectivity index (χ2n) is 4.09. The quantitative estimate of drug-likeness (QED) is 0.710. The van der Waals surface area contributed by atoms with Crippen LogP contribution in [0.25, 0.3) is 0 Å². The number of carbonyl (C=O) groups excluding carboxylic acids is 1. The minimum atomic E-state index is 0.247. The zero-order valence-electron chi connectivity index (χ0n) is 8.82. The van der Waals surface area contributed by atoms with Crippen LogP contribution in [0.5, 0.6) is 0 Å². The molecule has 0 aromatic rings. The van der Waals surface area contributed by atoms with E-state index in [1.54, 1.807) is 7.11 Å². The van der Waals surface area contributed by atoms with Gasteiger partial charge < -0.3 is 9.64 Å². The van der Waals surface area contributed by atoms with Gasteiger partial charge in [0.05, 0.1) is 18.8 Å². The Morgan fingerprint density at radius 3 is 2.86 bits per heavy atom. The topological polar surface area (TPSA) is 41.6 Å². The van der Waals surface area contributed by atoms with Gasteiger partial charge in [-0.05, 0) is 19.3 Å². The first kappa shape index (κ1) is 9.93. The van der Waals surface area contributed by atoms with Crippen LogP contribution < -0.4 is 5.32 Å². The molecule has 1 saturated heterocycles. The zero-order chi connectivity index (χ0) is 10.1. The summed E-state index contributed by atoms with van der Waals surface area (Å²) in [5.41, 5.74) is 0. The Hall–Kier alpha value is -0.610. The van der Waals surface area contributed by atoms with E-state index in [2.05, 4.69) is 12.2 Å². The van der Waals surface area contributed by atoms with Gasteiger partial charge >= 0.3 is 0 Å². The van der Waals surface area contributed by atoms with Crippen molar-refractivity contribution in [1.29, 1.82) is 0 Å². The van der Waals surface area contributed by atoms with Crippen LogP contribution in [0.3, 0.4) is 0 Å². The minimum Gasteiger partial charge on any atom is -0.381 e. The molecule has 1 amide bonds. The lowest BCUT2D eigenvalue weighted by Crippen LogP contribution is -2.52. The van der Waals surface area contributed by atoms with Gasteiger partial charge in [-0.1, -0.05) is 6.92 Å². The van der Waals surface area contributed by atoms with Crippen LogP contribution in [-0.4, -0.2) is 42.8 Å². The number of ether oxygens (including phenoxy) is 1. The Morgan fingerprint density at radius 2 is 2.29 bits per heavy atom. The van der Waals surface area contributed by atoms with Crippen molar-refractivity contribution in [3.63, 3.8) is 0 Å². The van der Waals surface area contributed by atoms with Gasteiger partial charge in [-0.25, -0.2) is 0 Å². The maximum Gasteiger partial charge on any atom is 0.238 e. The molecule has 1 unspecified atom stereocenters. The molecule has 80 valence electrons. The van der Waals surface area contributed by atoms with E-state index in [1.807, 2.05) is 4.90 Å². The molecular weight excluding hydrogens is 180 g/mol. The largest absolute Gasteiger partial charge is 0.381 e. The Balaban J connectivity index is 1.93. The fraction of sp³-hybridized carbons (Fsp3) is 0.900. The molecule has 0 aromatic carbocycles. The second-order valence-corrected chi connectivity index (χ2v) is 4.09. The lowest BCUT2D eigenvalue weighted by Gasteiger charge is -2.42. The first-order valence-corrected chi connectivity index (χ1v) is 5.33. The van der Waals surface area contributed by atoms with Gasteiger partial charge in [0.2, 0.25) is 5.91 Å². The molecule has 1 heterocycles. The fourth-order valence-electron chi connectivity index (χ4n) is 2.33. The van der Waals surface area contributed by atoms with Crippen LogP contribution in [0.2, 0.25) is 0 Å². The van der Waals surface area contributed by atoms with Crippen molar-refractivity contribution in [2.45, 2.75) is 44.5 Å². The van der Waals surface area contributed by atoms with E-state index in [9.17, 15) is 4.79 Å². The molecule has 14 heavy (non-hydrogen) atoms. The highest BCUT2D eigenvalue weighted by Crippen LogP contribution is 2.30. The summed E-state index contributed by atoms with van der Waals surface area (Å²) in [6.45, 7) is 2.61. The maximum atomic E-state index is 11.6. The van der Waals surface area contributed by atoms with Crippen molar-refractivity contribution in [3.05, 3.63) is 0 Å². The molecule has 1 aliphatic carbocycles. The predicted octanol–water partition coefficient (Wildman–Crippen LogP) is 0.332. The van der Waals surface area contributed by atoms with E-state index in [0.717, 1.165) is 19.3 Å². The van der Waals surface area contributed by atoms with Gasteiger partial charge in [0.15, 0.2) is 0 Å². The number of nitrogens with zero attached hydrogens (tertiary/aromatic N) is 1. The third-order valence-electron chi connectivity index (χ3n) is 3.30. The summed E-state index contributed by atoms with van der Waals surface area (Å²) in [4.78, 5) is 13.6. The Morgan fingerprint density at radius 1 is 1.57 bits per heavy atom. The van der Waals surface area contributed by atoms with E-state index in [4.69, 9.17) is 4.74 Å². The van der Waals surface area contributed by atoms with Gasteiger partial charge in [-0.2, -0.15) is 0 Å². The molecule has 0 spiro atoms. The molecule has 0 radical (unpaired) electrons. The summed E-state index contributed by atoms with van der Waals surface area (Å²) in [6.07, 6.45) is 3.61. The van der Waals surface area contributed by atoms with Crippen molar-refractivity contribution in [1.82, 2.24) is 10.2 Å². The first-order chi connectivity index (χ1) is 6.76. The first-order valence-electron chi connectivity index (χ1n) is 5.33. The number of nitrogens with one attached hydrogen (secondary N) is 1. The van der Waals surface area contributed by atoms with Crippen LogP contribution in [0, 0.1) is 0 Å². The summed E-state index contributed by atoms with van der Waals surface area (Å²) < 4.78 is 5.22. The molecule has 2 fully saturated rings. The van der Waals surface area contributed by atoms with Gasteiger partial charge in [-0.15, -0.1) is 0 Å². The summed E-state index contributed by atoms with van der Waals surface area (Å²) in [5, 5.41) is 3.22. The molecule has 0 bridgehead atoms. The van der Waals surface area contributed by atoms with Gasteiger partial charge in [0, 0.05) is 13.2 Å². The van der Waals surface area contributed by atoms with Crippen LogP contribution in [0.4, 0.5) is 0 Å². The summed E-state index contributed by atoms with van der Waals surface area (Å²) in [5.74, 6) is 0.247. The van der Waals surface area contributed by atoms with Crippen molar-refractivity contribution in [3.8, 4) is 0 Å². The van der Waals surface area contributed by atoms with Crippen LogP contribution in [0.15, 0.2) is 0 Å². The van der Waals surface area contributed by atoms with E-state index in [0.29, 0.717) is 18.7 Å². The van der Waals surface area contributed by atoms with Crippen molar-refractivity contribution < 1.29 is 9.53 Å². The standard InChI is InChI=1S/C10H18N2O2/c1-3-9-11-6-10(13)12(9)7-4-8(5-7)14-2/h7-9,11H,3-6H2,1-2H3. The highest BCUT2D eigenvalue weighted by atomic mass is 16.5. The monoisotopic (exact) mass is 198 g/mol. The molecule has 0 aromatic heterocycles. The van der Waals surface area contributed by atoms with Crippen LogP contribution >= 0.6 is 0 Å². The van der Waals surface area contributed by atoms with Crippen molar-refractivity contribution >= 4 is 5.91 Å². The van der Waals surface area contributed by atoms with E-state index >= 15 is 0 Å². The Labute approximate surface area is 84.6 Å². The number of amides is 1. The molecular formula is C10H18N2O2. The van der Waals surface area contributed by atoms with Crippen LogP contribution in [0.1, 0.15) is 26.2 Å².